The Morgan fingerprint density at radius 1 is 1.13 bits per heavy atom. The molecule has 2 nitrogen and oxygen atoms in total. The van der Waals surface area contributed by atoms with E-state index in [2.05, 4.69) is 46.9 Å². The largest absolute Gasteiger partial charge is 0.249 e. The molecular formula is C13H15N2+. The van der Waals surface area contributed by atoms with Crippen LogP contribution in [0.15, 0.2) is 42.7 Å². The van der Waals surface area contributed by atoms with Gasteiger partial charge in [0.25, 0.3) is 0 Å². The Labute approximate surface area is 90.2 Å². The summed E-state index contributed by atoms with van der Waals surface area (Å²) in [6, 6.07) is 10.5. The number of hydrogen-bond donors (Lipinski definition) is 0. The summed E-state index contributed by atoms with van der Waals surface area (Å²) in [6.07, 6.45) is 4.00. The van der Waals surface area contributed by atoms with Crippen LogP contribution in [0.5, 0.6) is 0 Å². The molecule has 76 valence electrons. The van der Waals surface area contributed by atoms with Gasteiger partial charge in [0, 0.05) is 12.5 Å². The van der Waals surface area contributed by atoms with Crippen LogP contribution in [0.3, 0.4) is 0 Å². The topological polar surface area (TPSA) is 16.8 Å². The maximum atomic E-state index is 4.26. The molecule has 0 aliphatic carbocycles. The summed E-state index contributed by atoms with van der Waals surface area (Å²) in [5, 5.41) is 0. The van der Waals surface area contributed by atoms with Gasteiger partial charge < -0.3 is 0 Å². The maximum Gasteiger partial charge on any atom is 0.196 e. The number of nitrogens with zero attached hydrogens (tertiary/aromatic N) is 2. The minimum atomic E-state index is 0.913. The van der Waals surface area contributed by atoms with Gasteiger partial charge in [-0.05, 0) is 6.92 Å². The Morgan fingerprint density at radius 2 is 1.87 bits per heavy atom. The van der Waals surface area contributed by atoms with E-state index in [4.69, 9.17) is 0 Å². The van der Waals surface area contributed by atoms with Crippen LogP contribution in [0.4, 0.5) is 0 Å². The third-order valence-electron chi connectivity index (χ3n) is 2.45. The van der Waals surface area contributed by atoms with E-state index >= 15 is 0 Å². The van der Waals surface area contributed by atoms with Crippen molar-refractivity contribution in [3.63, 3.8) is 0 Å². The van der Waals surface area contributed by atoms with E-state index in [0.717, 1.165) is 12.2 Å². The molecule has 15 heavy (non-hydrogen) atoms. The summed E-state index contributed by atoms with van der Waals surface area (Å²) >= 11 is 0. The van der Waals surface area contributed by atoms with E-state index in [0.29, 0.717) is 0 Å². The minimum Gasteiger partial charge on any atom is -0.249 e. The van der Waals surface area contributed by atoms with Gasteiger partial charge in [0.05, 0.1) is 6.20 Å². The summed E-state index contributed by atoms with van der Waals surface area (Å²) < 4.78 is 2.22. The number of rotatable bonds is 2. The molecular weight excluding hydrogens is 184 g/mol. The average molecular weight is 199 g/mol. The fourth-order valence-corrected chi connectivity index (χ4v) is 1.58. The Hall–Kier alpha value is -1.70. The highest BCUT2D eigenvalue weighted by Crippen LogP contribution is 1.99. The molecule has 0 saturated heterocycles. The second-order valence-electron chi connectivity index (χ2n) is 3.78. The number of aromatic nitrogens is 2. The van der Waals surface area contributed by atoms with Crippen molar-refractivity contribution in [2.75, 3.05) is 0 Å². The standard InChI is InChI=1S/C13H15N2/c1-11-9-15(12(2)8-14-11)10-13-6-4-3-5-7-13/h3-9H,10H2,1-2H3/q+1. The minimum absolute atomic E-state index is 0.913. The molecule has 0 spiro atoms. The Balaban J connectivity index is 2.28. The molecule has 0 unspecified atom stereocenters. The van der Waals surface area contributed by atoms with Crippen LogP contribution in [0.25, 0.3) is 0 Å². The average Bonchev–Trinajstić information content (AvgIpc) is 2.25. The molecule has 0 amide bonds. The summed E-state index contributed by atoms with van der Waals surface area (Å²) in [5.41, 5.74) is 3.55. The van der Waals surface area contributed by atoms with E-state index < -0.39 is 0 Å². The van der Waals surface area contributed by atoms with Gasteiger partial charge in [-0.15, -0.1) is 0 Å². The highest BCUT2D eigenvalue weighted by Gasteiger charge is 2.07. The van der Waals surface area contributed by atoms with Crippen LogP contribution < -0.4 is 4.57 Å². The normalized spacial score (nSPS) is 10.3. The molecule has 1 heterocycles. The molecule has 0 saturated carbocycles. The van der Waals surface area contributed by atoms with E-state index in [1.165, 1.54) is 11.3 Å². The number of hydrogen-bond acceptors (Lipinski definition) is 1. The summed E-state index contributed by atoms with van der Waals surface area (Å²) in [5.74, 6) is 0. The lowest BCUT2D eigenvalue weighted by Crippen LogP contribution is -2.38. The van der Waals surface area contributed by atoms with Gasteiger partial charge in [0.15, 0.2) is 18.4 Å². The Bertz CT molecular complexity index is 449. The van der Waals surface area contributed by atoms with Crippen molar-refractivity contribution in [1.82, 2.24) is 4.98 Å². The van der Waals surface area contributed by atoms with Crippen molar-refractivity contribution in [3.8, 4) is 0 Å². The first-order valence-corrected chi connectivity index (χ1v) is 5.12. The zero-order chi connectivity index (χ0) is 10.7. The molecule has 2 rings (SSSR count). The second kappa shape index (κ2) is 4.22. The Kier molecular flexibility index (Phi) is 2.77. The van der Waals surface area contributed by atoms with Crippen molar-refractivity contribution in [2.45, 2.75) is 20.4 Å². The number of aryl methyl sites for hydroxylation is 2. The van der Waals surface area contributed by atoms with E-state index in [9.17, 15) is 0 Å². The monoisotopic (exact) mass is 199 g/mol. The van der Waals surface area contributed by atoms with Crippen molar-refractivity contribution >= 4 is 0 Å². The van der Waals surface area contributed by atoms with Crippen LogP contribution >= 0.6 is 0 Å². The van der Waals surface area contributed by atoms with Crippen molar-refractivity contribution in [2.24, 2.45) is 0 Å². The van der Waals surface area contributed by atoms with Gasteiger partial charge in [-0.1, -0.05) is 30.3 Å². The quantitative estimate of drug-likeness (QED) is 0.676. The maximum absolute atomic E-state index is 4.26. The molecule has 2 heteroatoms. The smallest absolute Gasteiger partial charge is 0.196 e. The summed E-state index contributed by atoms with van der Waals surface area (Å²) in [4.78, 5) is 4.26. The molecule has 0 radical (unpaired) electrons. The lowest BCUT2D eigenvalue weighted by Gasteiger charge is -2.01. The summed E-state index contributed by atoms with van der Waals surface area (Å²) in [7, 11) is 0. The molecule has 1 aromatic carbocycles. The summed E-state index contributed by atoms with van der Waals surface area (Å²) in [6.45, 7) is 5.01. The number of benzene rings is 1. The van der Waals surface area contributed by atoms with Crippen LogP contribution in [0.1, 0.15) is 17.0 Å². The first-order valence-electron chi connectivity index (χ1n) is 5.12. The van der Waals surface area contributed by atoms with Crippen molar-refractivity contribution in [3.05, 3.63) is 59.7 Å². The Morgan fingerprint density at radius 3 is 2.60 bits per heavy atom. The molecule has 0 atom stereocenters. The zero-order valence-electron chi connectivity index (χ0n) is 9.14. The van der Waals surface area contributed by atoms with Crippen LogP contribution in [-0.4, -0.2) is 4.98 Å². The van der Waals surface area contributed by atoms with Crippen LogP contribution in [0, 0.1) is 13.8 Å². The van der Waals surface area contributed by atoms with E-state index in [1.807, 2.05) is 19.2 Å². The fourth-order valence-electron chi connectivity index (χ4n) is 1.58. The molecule has 0 aliphatic heterocycles. The predicted molar refractivity (Wildman–Crippen MR) is 59.5 cm³/mol. The molecule has 2 aromatic rings. The van der Waals surface area contributed by atoms with E-state index in [-0.39, 0.29) is 0 Å². The zero-order valence-corrected chi connectivity index (χ0v) is 9.14. The van der Waals surface area contributed by atoms with Crippen molar-refractivity contribution < 1.29 is 4.57 Å². The molecule has 0 N–H and O–H groups in total. The molecule has 1 aromatic heterocycles. The first kappa shape index (κ1) is 9.84. The van der Waals surface area contributed by atoms with Gasteiger partial charge in [-0.3, -0.25) is 0 Å². The van der Waals surface area contributed by atoms with Gasteiger partial charge in [0.1, 0.15) is 5.69 Å². The lowest BCUT2D eigenvalue weighted by molar-refractivity contribution is -0.695. The van der Waals surface area contributed by atoms with Crippen LogP contribution in [0.2, 0.25) is 0 Å². The third kappa shape index (κ3) is 2.40. The predicted octanol–water partition coefficient (Wildman–Crippen LogP) is 2.03. The highest BCUT2D eigenvalue weighted by molar-refractivity contribution is 5.13. The van der Waals surface area contributed by atoms with Gasteiger partial charge >= 0.3 is 0 Å². The van der Waals surface area contributed by atoms with Gasteiger partial charge in [-0.25, -0.2) is 4.98 Å². The lowest BCUT2D eigenvalue weighted by atomic mass is 10.2. The fraction of sp³-hybridized carbons (Fsp3) is 0.231. The third-order valence-corrected chi connectivity index (χ3v) is 2.45. The highest BCUT2D eigenvalue weighted by atomic mass is 15.0. The molecule has 0 bridgehead atoms. The second-order valence-corrected chi connectivity index (χ2v) is 3.78. The molecule has 0 fully saturated rings. The van der Waals surface area contributed by atoms with Crippen molar-refractivity contribution in [1.29, 1.82) is 0 Å². The molecule has 0 aliphatic rings. The first-order chi connectivity index (χ1) is 7.25. The van der Waals surface area contributed by atoms with Gasteiger partial charge in [0.2, 0.25) is 0 Å². The van der Waals surface area contributed by atoms with Crippen LogP contribution in [-0.2, 0) is 6.54 Å². The SMILES string of the molecule is Cc1c[n+](Cc2ccccc2)c(C)cn1. The van der Waals surface area contributed by atoms with E-state index in [1.54, 1.807) is 0 Å². The van der Waals surface area contributed by atoms with Gasteiger partial charge in [-0.2, -0.15) is 4.57 Å².